The summed E-state index contributed by atoms with van der Waals surface area (Å²) >= 11 is 0. The zero-order valence-electron chi connectivity index (χ0n) is 15.9. The fraction of sp³-hybridized carbons (Fsp3) is 0.0870. The monoisotopic (exact) mass is 384 g/mol. The minimum absolute atomic E-state index is 0.109. The normalized spacial score (nSPS) is 10.5. The van der Waals surface area contributed by atoms with Crippen LogP contribution in [0.25, 0.3) is 0 Å². The molecular formula is C23H20N4O2. The topological polar surface area (TPSA) is 71.3 Å². The van der Waals surface area contributed by atoms with Crippen LogP contribution >= 0.6 is 0 Å². The summed E-state index contributed by atoms with van der Waals surface area (Å²) in [7, 11) is 0. The first-order valence-corrected chi connectivity index (χ1v) is 9.26. The quantitative estimate of drug-likeness (QED) is 0.508. The van der Waals surface area contributed by atoms with E-state index >= 15 is 0 Å². The highest BCUT2D eigenvalue weighted by molar-refractivity contribution is 6.06. The first-order chi connectivity index (χ1) is 14.2. The number of hydrogen-bond acceptors (Lipinski definition) is 5. The average molecular weight is 384 g/mol. The lowest BCUT2D eigenvalue weighted by molar-refractivity contribution is 0.0985. The van der Waals surface area contributed by atoms with Gasteiger partial charge in [-0.3, -0.25) is 4.79 Å². The van der Waals surface area contributed by atoms with Crippen LogP contribution in [0.1, 0.15) is 21.7 Å². The molecule has 0 atom stereocenters. The number of anilines is 3. The predicted molar refractivity (Wildman–Crippen MR) is 112 cm³/mol. The van der Waals surface area contributed by atoms with Crippen molar-refractivity contribution in [2.24, 2.45) is 0 Å². The fourth-order valence-electron chi connectivity index (χ4n) is 3.00. The van der Waals surface area contributed by atoms with Gasteiger partial charge in [-0.25, -0.2) is 4.98 Å². The van der Waals surface area contributed by atoms with E-state index in [4.69, 9.17) is 4.52 Å². The van der Waals surface area contributed by atoms with Gasteiger partial charge in [0.2, 0.25) is 0 Å². The number of carbonyl (C=O) groups excluding carboxylic acids is 1. The zero-order chi connectivity index (χ0) is 20.1. The van der Waals surface area contributed by atoms with Crippen molar-refractivity contribution in [1.82, 2.24) is 10.1 Å². The van der Waals surface area contributed by atoms with E-state index in [1.54, 1.807) is 29.3 Å². The van der Waals surface area contributed by atoms with Gasteiger partial charge in [-0.2, -0.15) is 0 Å². The minimum atomic E-state index is -0.109. The summed E-state index contributed by atoms with van der Waals surface area (Å²) in [5.74, 6) is 1.65. The van der Waals surface area contributed by atoms with E-state index in [-0.39, 0.29) is 5.91 Å². The fourth-order valence-corrected chi connectivity index (χ4v) is 3.00. The van der Waals surface area contributed by atoms with Crippen LogP contribution in [-0.4, -0.2) is 16.0 Å². The SMILES string of the molecule is Cc1cc(Nc2cc(C(=O)N(Cc3ccccc3)c3ccccc3)ccn2)no1. The molecule has 2 aromatic heterocycles. The number of aryl methyl sites for hydroxylation is 1. The van der Waals surface area contributed by atoms with E-state index in [9.17, 15) is 4.79 Å². The highest BCUT2D eigenvalue weighted by Crippen LogP contribution is 2.22. The van der Waals surface area contributed by atoms with Crippen molar-refractivity contribution < 1.29 is 9.32 Å². The maximum atomic E-state index is 13.4. The Balaban J connectivity index is 1.62. The largest absolute Gasteiger partial charge is 0.360 e. The number of aromatic nitrogens is 2. The molecule has 2 aromatic carbocycles. The summed E-state index contributed by atoms with van der Waals surface area (Å²) in [5.41, 5.74) is 2.41. The second-order valence-electron chi connectivity index (χ2n) is 6.59. The average Bonchev–Trinajstić information content (AvgIpc) is 3.17. The molecule has 29 heavy (non-hydrogen) atoms. The van der Waals surface area contributed by atoms with Crippen LogP contribution in [0.3, 0.4) is 0 Å². The zero-order valence-corrected chi connectivity index (χ0v) is 15.9. The van der Waals surface area contributed by atoms with E-state index < -0.39 is 0 Å². The van der Waals surface area contributed by atoms with Crippen LogP contribution in [-0.2, 0) is 6.54 Å². The van der Waals surface area contributed by atoms with Crippen molar-refractivity contribution in [2.45, 2.75) is 13.5 Å². The van der Waals surface area contributed by atoms with Crippen LogP contribution in [0.2, 0.25) is 0 Å². The van der Waals surface area contributed by atoms with Crippen molar-refractivity contribution in [3.8, 4) is 0 Å². The van der Waals surface area contributed by atoms with Gasteiger partial charge in [0.25, 0.3) is 5.91 Å². The van der Waals surface area contributed by atoms with Crippen LogP contribution in [0.15, 0.2) is 89.6 Å². The Morgan fingerprint density at radius 1 is 0.966 bits per heavy atom. The lowest BCUT2D eigenvalue weighted by atomic mass is 10.1. The standard InChI is InChI=1S/C23H20N4O2/c1-17-14-22(26-29-17)25-21-15-19(12-13-24-21)23(28)27(20-10-6-3-7-11-20)16-18-8-4-2-5-9-18/h2-15H,16H2,1H3,(H,24,25,26). The lowest BCUT2D eigenvalue weighted by Gasteiger charge is -2.23. The molecule has 1 amide bonds. The first kappa shape index (κ1) is 18.4. The molecule has 0 saturated carbocycles. The van der Waals surface area contributed by atoms with Crippen molar-refractivity contribution in [2.75, 3.05) is 10.2 Å². The Bertz CT molecular complexity index is 1090. The molecule has 2 heterocycles. The molecule has 0 aliphatic carbocycles. The molecular weight excluding hydrogens is 364 g/mol. The Morgan fingerprint density at radius 2 is 1.69 bits per heavy atom. The summed E-state index contributed by atoms with van der Waals surface area (Å²) in [6.07, 6.45) is 1.61. The van der Waals surface area contributed by atoms with Gasteiger partial charge in [0.05, 0.1) is 6.54 Å². The van der Waals surface area contributed by atoms with Gasteiger partial charge in [-0.1, -0.05) is 53.7 Å². The van der Waals surface area contributed by atoms with E-state index in [1.165, 1.54) is 0 Å². The van der Waals surface area contributed by atoms with E-state index in [0.29, 0.717) is 29.5 Å². The van der Waals surface area contributed by atoms with Gasteiger partial charge in [0, 0.05) is 23.5 Å². The molecule has 0 spiro atoms. The van der Waals surface area contributed by atoms with Crippen molar-refractivity contribution in [3.05, 3.63) is 102 Å². The number of pyridine rings is 1. The molecule has 0 saturated heterocycles. The van der Waals surface area contributed by atoms with Gasteiger partial charge < -0.3 is 14.7 Å². The Labute approximate surface area is 168 Å². The van der Waals surface area contributed by atoms with Crippen LogP contribution in [0, 0.1) is 6.92 Å². The smallest absolute Gasteiger partial charge is 0.258 e. The number of benzene rings is 2. The highest BCUT2D eigenvalue weighted by Gasteiger charge is 2.19. The second kappa shape index (κ2) is 8.39. The van der Waals surface area contributed by atoms with Crippen LogP contribution < -0.4 is 10.2 Å². The molecule has 4 aromatic rings. The Hall–Kier alpha value is -3.93. The summed E-state index contributed by atoms with van der Waals surface area (Å²) in [5, 5.41) is 6.96. The number of nitrogens with zero attached hydrogens (tertiary/aromatic N) is 3. The lowest BCUT2D eigenvalue weighted by Crippen LogP contribution is -2.30. The third-order valence-electron chi connectivity index (χ3n) is 4.39. The van der Waals surface area contributed by atoms with Gasteiger partial charge in [-0.05, 0) is 36.8 Å². The highest BCUT2D eigenvalue weighted by atomic mass is 16.5. The maximum absolute atomic E-state index is 13.4. The molecule has 6 nitrogen and oxygen atoms in total. The molecule has 0 aliphatic rings. The molecule has 0 radical (unpaired) electrons. The molecule has 6 heteroatoms. The molecule has 144 valence electrons. The van der Waals surface area contributed by atoms with Crippen molar-refractivity contribution in [1.29, 1.82) is 0 Å². The van der Waals surface area contributed by atoms with Gasteiger partial charge in [0.15, 0.2) is 5.82 Å². The Morgan fingerprint density at radius 3 is 2.38 bits per heavy atom. The minimum Gasteiger partial charge on any atom is -0.360 e. The van der Waals surface area contributed by atoms with Crippen molar-refractivity contribution in [3.63, 3.8) is 0 Å². The second-order valence-corrected chi connectivity index (χ2v) is 6.59. The maximum Gasteiger partial charge on any atom is 0.258 e. The van der Waals surface area contributed by atoms with E-state index in [1.807, 2.05) is 67.6 Å². The third kappa shape index (κ3) is 4.50. The number of nitrogens with one attached hydrogen (secondary N) is 1. The number of carbonyl (C=O) groups is 1. The first-order valence-electron chi connectivity index (χ1n) is 9.26. The van der Waals surface area contributed by atoms with E-state index in [2.05, 4.69) is 15.5 Å². The predicted octanol–water partition coefficient (Wildman–Crippen LogP) is 4.97. The number of amides is 1. The summed E-state index contributed by atoms with van der Waals surface area (Å²) in [4.78, 5) is 19.4. The number of hydrogen-bond donors (Lipinski definition) is 1. The van der Waals surface area contributed by atoms with Gasteiger partial charge >= 0.3 is 0 Å². The van der Waals surface area contributed by atoms with Crippen LogP contribution in [0.4, 0.5) is 17.3 Å². The number of rotatable bonds is 6. The third-order valence-corrected chi connectivity index (χ3v) is 4.39. The van der Waals surface area contributed by atoms with Crippen LogP contribution in [0.5, 0.6) is 0 Å². The molecule has 1 N–H and O–H groups in total. The summed E-state index contributed by atoms with van der Waals surface area (Å²) < 4.78 is 5.06. The van der Waals surface area contributed by atoms with Gasteiger partial charge in [-0.15, -0.1) is 0 Å². The molecule has 0 aliphatic heterocycles. The van der Waals surface area contributed by atoms with Gasteiger partial charge in [0.1, 0.15) is 11.6 Å². The Kier molecular flexibility index (Phi) is 5.33. The summed E-state index contributed by atoms with van der Waals surface area (Å²) in [6, 6.07) is 24.8. The molecule has 0 unspecified atom stereocenters. The molecule has 0 bridgehead atoms. The molecule has 0 fully saturated rings. The molecule has 4 rings (SSSR count). The summed E-state index contributed by atoms with van der Waals surface area (Å²) in [6.45, 7) is 2.28. The van der Waals surface area contributed by atoms with E-state index in [0.717, 1.165) is 11.3 Å². The number of para-hydroxylation sites is 1. The van der Waals surface area contributed by atoms with Crippen molar-refractivity contribution >= 4 is 23.2 Å².